The van der Waals surface area contributed by atoms with Crippen molar-refractivity contribution in [2.24, 2.45) is 5.41 Å². The van der Waals surface area contributed by atoms with Crippen molar-refractivity contribution >= 4 is 22.9 Å². The van der Waals surface area contributed by atoms with Crippen LogP contribution in [0, 0.1) is 5.41 Å². The van der Waals surface area contributed by atoms with Crippen LogP contribution in [0.3, 0.4) is 0 Å². The van der Waals surface area contributed by atoms with Crippen LogP contribution in [0.25, 0.3) is 0 Å². The molecular weight excluding hydrogens is 242 g/mol. The van der Waals surface area contributed by atoms with Gasteiger partial charge in [-0.2, -0.15) is 0 Å². The molecule has 0 radical (unpaired) electrons. The highest BCUT2D eigenvalue weighted by Crippen LogP contribution is 2.42. The summed E-state index contributed by atoms with van der Waals surface area (Å²) in [4.78, 5) is 1.29. The first-order valence-electron chi connectivity index (χ1n) is 5.53. The molecule has 1 aromatic heterocycles. The lowest BCUT2D eigenvalue weighted by atomic mass is 9.64. The van der Waals surface area contributed by atoms with Crippen molar-refractivity contribution < 1.29 is 4.74 Å². The molecule has 1 saturated carbocycles. The first kappa shape index (κ1) is 12.4. The molecule has 0 bridgehead atoms. The lowest BCUT2D eigenvalue weighted by Gasteiger charge is -2.51. The molecule has 0 aliphatic heterocycles. The fraction of sp³-hybridized carbons (Fsp3) is 0.667. The van der Waals surface area contributed by atoms with E-state index in [2.05, 4.69) is 19.2 Å². The number of hydrogen-bond acceptors (Lipinski definition) is 3. The van der Waals surface area contributed by atoms with Crippen LogP contribution >= 0.6 is 22.9 Å². The van der Waals surface area contributed by atoms with E-state index in [1.807, 2.05) is 11.4 Å². The van der Waals surface area contributed by atoms with Gasteiger partial charge in [0.25, 0.3) is 0 Å². The van der Waals surface area contributed by atoms with E-state index in [1.165, 1.54) is 4.88 Å². The van der Waals surface area contributed by atoms with Gasteiger partial charge in [-0.3, -0.25) is 0 Å². The van der Waals surface area contributed by atoms with E-state index in [9.17, 15) is 0 Å². The Morgan fingerprint density at radius 1 is 1.62 bits per heavy atom. The largest absolute Gasteiger partial charge is 0.381 e. The number of ether oxygens (including phenoxy) is 1. The fourth-order valence-electron chi connectivity index (χ4n) is 2.30. The Morgan fingerprint density at radius 2 is 2.38 bits per heavy atom. The minimum Gasteiger partial charge on any atom is -0.381 e. The van der Waals surface area contributed by atoms with Gasteiger partial charge in [-0.1, -0.05) is 25.4 Å². The molecule has 4 heteroatoms. The molecule has 1 N–H and O–H groups in total. The summed E-state index contributed by atoms with van der Waals surface area (Å²) < 4.78 is 5.43. The predicted molar refractivity (Wildman–Crippen MR) is 69.2 cm³/mol. The fourth-order valence-corrected chi connectivity index (χ4v) is 3.33. The van der Waals surface area contributed by atoms with Gasteiger partial charge in [0.2, 0.25) is 0 Å². The molecule has 90 valence electrons. The third-order valence-corrected chi connectivity index (χ3v) is 4.89. The first-order valence-corrected chi connectivity index (χ1v) is 6.79. The molecule has 2 unspecified atom stereocenters. The van der Waals surface area contributed by atoms with Gasteiger partial charge in [-0.25, -0.2) is 0 Å². The molecule has 1 aliphatic carbocycles. The topological polar surface area (TPSA) is 21.3 Å². The average Bonchev–Trinajstić information content (AvgIpc) is 2.63. The molecule has 0 aromatic carbocycles. The Hall–Kier alpha value is -0.0900. The summed E-state index contributed by atoms with van der Waals surface area (Å²) in [5.41, 5.74) is 0.232. The van der Waals surface area contributed by atoms with Crippen LogP contribution in [0.4, 0.5) is 0 Å². The van der Waals surface area contributed by atoms with Crippen molar-refractivity contribution in [3.8, 4) is 0 Å². The zero-order chi connectivity index (χ0) is 11.8. The summed E-state index contributed by atoms with van der Waals surface area (Å²) in [5, 5.41) is 6.39. The van der Waals surface area contributed by atoms with Crippen LogP contribution in [0.2, 0.25) is 5.02 Å². The number of nitrogens with one attached hydrogen (secondary N) is 1. The molecule has 1 fully saturated rings. The maximum Gasteiger partial charge on any atom is 0.0652 e. The molecule has 16 heavy (non-hydrogen) atoms. The normalized spacial score (nSPS) is 27.8. The van der Waals surface area contributed by atoms with Crippen molar-refractivity contribution in [3.05, 3.63) is 21.3 Å². The van der Waals surface area contributed by atoms with E-state index in [4.69, 9.17) is 16.3 Å². The van der Waals surface area contributed by atoms with Gasteiger partial charge in [0, 0.05) is 35.4 Å². The number of methoxy groups -OCH3 is 1. The van der Waals surface area contributed by atoms with E-state index in [-0.39, 0.29) is 5.41 Å². The Morgan fingerprint density at radius 3 is 2.88 bits per heavy atom. The first-order chi connectivity index (χ1) is 7.54. The van der Waals surface area contributed by atoms with Crippen LogP contribution in [0.1, 0.15) is 25.1 Å². The van der Waals surface area contributed by atoms with Crippen LogP contribution in [0.5, 0.6) is 0 Å². The number of hydrogen-bond donors (Lipinski definition) is 1. The molecule has 2 rings (SSSR count). The maximum absolute atomic E-state index is 5.89. The molecule has 0 spiro atoms. The van der Waals surface area contributed by atoms with Gasteiger partial charge >= 0.3 is 0 Å². The number of halogens is 1. The van der Waals surface area contributed by atoms with E-state index < -0.39 is 0 Å². The number of rotatable bonds is 4. The van der Waals surface area contributed by atoms with Crippen molar-refractivity contribution in [2.75, 3.05) is 7.11 Å². The SMILES string of the molecule is COC1CC(NCc2cc(Cl)cs2)C1(C)C. The molecule has 2 nitrogen and oxygen atoms in total. The third kappa shape index (κ3) is 2.28. The maximum atomic E-state index is 5.89. The van der Waals surface area contributed by atoms with Crippen LogP contribution < -0.4 is 5.32 Å². The standard InChI is InChI=1S/C12H18ClNOS/c1-12(2)10(5-11(12)15-3)14-6-9-4-8(13)7-16-9/h4,7,10-11,14H,5-6H2,1-3H3. The molecule has 1 aromatic rings. The van der Waals surface area contributed by atoms with E-state index in [1.54, 1.807) is 18.4 Å². The second-order valence-electron chi connectivity index (χ2n) is 4.95. The van der Waals surface area contributed by atoms with Crippen molar-refractivity contribution in [1.82, 2.24) is 5.32 Å². The number of thiophene rings is 1. The average molecular weight is 260 g/mol. The molecule has 1 aliphatic rings. The molecule has 2 atom stereocenters. The highest BCUT2D eigenvalue weighted by molar-refractivity contribution is 7.10. The summed E-state index contributed by atoms with van der Waals surface area (Å²) in [6, 6.07) is 2.57. The van der Waals surface area contributed by atoms with Gasteiger partial charge in [-0.05, 0) is 12.5 Å². The van der Waals surface area contributed by atoms with Crippen molar-refractivity contribution in [1.29, 1.82) is 0 Å². The molecule has 0 saturated heterocycles. The minimum atomic E-state index is 0.232. The summed E-state index contributed by atoms with van der Waals surface area (Å²) in [6.07, 6.45) is 1.49. The van der Waals surface area contributed by atoms with Gasteiger partial charge < -0.3 is 10.1 Å². The Balaban J connectivity index is 1.84. The smallest absolute Gasteiger partial charge is 0.0652 e. The molecule has 0 amide bonds. The highest BCUT2D eigenvalue weighted by Gasteiger charge is 2.48. The van der Waals surface area contributed by atoms with Crippen LogP contribution in [-0.4, -0.2) is 19.3 Å². The van der Waals surface area contributed by atoms with Gasteiger partial charge in [-0.15, -0.1) is 11.3 Å². The van der Waals surface area contributed by atoms with Crippen LogP contribution in [0.15, 0.2) is 11.4 Å². The summed E-state index contributed by atoms with van der Waals surface area (Å²) in [6.45, 7) is 5.41. The summed E-state index contributed by atoms with van der Waals surface area (Å²) >= 11 is 7.59. The second kappa shape index (κ2) is 4.65. The second-order valence-corrected chi connectivity index (χ2v) is 6.38. The Bertz CT molecular complexity index is 364. The molecule has 1 heterocycles. The lowest BCUT2D eigenvalue weighted by Crippen LogP contribution is -2.60. The molecular formula is C12H18ClNOS. The van der Waals surface area contributed by atoms with Crippen molar-refractivity contribution in [2.45, 2.75) is 39.0 Å². The summed E-state index contributed by atoms with van der Waals surface area (Å²) in [7, 11) is 1.79. The van der Waals surface area contributed by atoms with E-state index >= 15 is 0 Å². The zero-order valence-electron chi connectivity index (χ0n) is 9.92. The van der Waals surface area contributed by atoms with Gasteiger partial charge in [0.15, 0.2) is 0 Å². The van der Waals surface area contributed by atoms with Crippen molar-refractivity contribution in [3.63, 3.8) is 0 Å². The Labute approximate surface area is 106 Å². The predicted octanol–water partition coefficient (Wildman–Crippen LogP) is 3.30. The Kier molecular flexibility index (Phi) is 3.59. The van der Waals surface area contributed by atoms with E-state index in [0.717, 1.165) is 18.0 Å². The zero-order valence-corrected chi connectivity index (χ0v) is 11.5. The lowest BCUT2D eigenvalue weighted by molar-refractivity contribution is -0.0978. The minimum absolute atomic E-state index is 0.232. The highest BCUT2D eigenvalue weighted by atomic mass is 35.5. The van der Waals surface area contributed by atoms with Gasteiger partial charge in [0.1, 0.15) is 0 Å². The van der Waals surface area contributed by atoms with E-state index in [0.29, 0.717) is 12.1 Å². The van der Waals surface area contributed by atoms with Gasteiger partial charge in [0.05, 0.1) is 11.1 Å². The monoisotopic (exact) mass is 259 g/mol. The quantitative estimate of drug-likeness (QED) is 0.896. The third-order valence-electron chi connectivity index (χ3n) is 3.61. The summed E-state index contributed by atoms with van der Waals surface area (Å²) in [5.74, 6) is 0. The van der Waals surface area contributed by atoms with Crippen LogP contribution in [-0.2, 0) is 11.3 Å².